The van der Waals surface area contributed by atoms with E-state index < -0.39 is 6.10 Å². The molecule has 0 spiro atoms. The van der Waals surface area contributed by atoms with Crippen molar-refractivity contribution in [1.29, 1.82) is 0 Å². The predicted molar refractivity (Wildman–Crippen MR) is 34.5 cm³/mol. The van der Waals surface area contributed by atoms with Crippen molar-refractivity contribution in [3.05, 3.63) is 12.2 Å². The fourth-order valence-corrected chi connectivity index (χ4v) is 0.486. The molecule has 0 saturated heterocycles. The van der Waals surface area contributed by atoms with Gasteiger partial charge in [0.05, 0.1) is 6.10 Å². The standard InChI is InChI=1S/C6H13NO/c1-5(2)3-6(8)4-7/h6,8H,1,3-4,7H2,2H3. The Labute approximate surface area is 50.0 Å². The summed E-state index contributed by atoms with van der Waals surface area (Å²) in [5.74, 6) is 0. The molecule has 2 heteroatoms. The molecular weight excluding hydrogens is 102 g/mol. The first-order valence-corrected chi connectivity index (χ1v) is 2.69. The van der Waals surface area contributed by atoms with Crippen LogP contribution in [0.15, 0.2) is 12.2 Å². The van der Waals surface area contributed by atoms with E-state index >= 15 is 0 Å². The molecular formula is C6H13NO. The van der Waals surface area contributed by atoms with Crippen LogP contribution in [0.4, 0.5) is 0 Å². The van der Waals surface area contributed by atoms with Crippen LogP contribution < -0.4 is 5.73 Å². The molecule has 3 N–H and O–H groups in total. The van der Waals surface area contributed by atoms with Crippen molar-refractivity contribution in [1.82, 2.24) is 0 Å². The van der Waals surface area contributed by atoms with Crippen LogP contribution in [0.25, 0.3) is 0 Å². The largest absolute Gasteiger partial charge is 0.391 e. The van der Waals surface area contributed by atoms with E-state index in [1.165, 1.54) is 0 Å². The molecule has 2 nitrogen and oxygen atoms in total. The molecule has 0 bridgehead atoms. The topological polar surface area (TPSA) is 46.2 Å². The maximum absolute atomic E-state index is 8.84. The van der Waals surface area contributed by atoms with Crippen molar-refractivity contribution in [3.8, 4) is 0 Å². The molecule has 8 heavy (non-hydrogen) atoms. The quantitative estimate of drug-likeness (QED) is 0.519. The maximum atomic E-state index is 8.84. The minimum Gasteiger partial charge on any atom is -0.391 e. The van der Waals surface area contributed by atoms with Gasteiger partial charge in [-0.25, -0.2) is 0 Å². The smallest absolute Gasteiger partial charge is 0.0699 e. The summed E-state index contributed by atoms with van der Waals surface area (Å²) in [7, 11) is 0. The van der Waals surface area contributed by atoms with E-state index in [0.717, 1.165) is 5.57 Å². The monoisotopic (exact) mass is 115 g/mol. The number of hydrogen-bond acceptors (Lipinski definition) is 2. The molecule has 1 unspecified atom stereocenters. The summed E-state index contributed by atoms with van der Waals surface area (Å²) in [6, 6.07) is 0. The Morgan fingerprint density at radius 1 is 1.88 bits per heavy atom. The molecule has 48 valence electrons. The van der Waals surface area contributed by atoms with Gasteiger partial charge in [-0.05, 0) is 13.3 Å². The van der Waals surface area contributed by atoms with Crippen LogP contribution in [0.1, 0.15) is 13.3 Å². The van der Waals surface area contributed by atoms with Crippen LogP contribution in [0.2, 0.25) is 0 Å². The van der Waals surface area contributed by atoms with Gasteiger partial charge in [-0.15, -0.1) is 6.58 Å². The first-order valence-electron chi connectivity index (χ1n) is 2.69. The van der Waals surface area contributed by atoms with Gasteiger partial charge in [0, 0.05) is 6.54 Å². The molecule has 0 aromatic heterocycles. The Morgan fingerprint density at radius 2 is 2.38 bits per heavy atom. The summed E-state index contributed by atoms with van der Waals surface area (Å²) in [5.41, 5.74) is 6.10. The summed E-state index contributed by atoms with van der Waals surface area (Å²) >= 11 is 0. The molecule has 0 aliphatic carbocycles. The second kappa shape index (κ2) is 3.64. The highest BCUT2D eigenvalue weighted by atomic mass is 16.3. The van der Waals surface area contributed by atoms with Gasteiger partial charge in [0.1, 0.15) is 0 Å². The molecule has 0 heterocycles. The highest BCUT2D eigenvalue weighted by molar-refractivity contribution is 4.90. The molecule has 0 radical (unpaired) electrons. The van der Waals surface area contributed by atoms with Gasteiger partial charge >= 0.3 is 0 Å². The van der Waals surface area contributed by atoms with Gasteiger partial charge in [-0.2, -0.15) is 0 Å². The zero-order valence-electron chi connectivity index (χ0n) is 5.22. The van der Waals surface area contributed by atoms with Crippen LogP contribution in [0, 0.1) is 0 Å². The molecule has 0 aromatic rings. The highest BCUT2D eigenvalue weighted by Gasteiger charge is 1.98. The number of aliphatic hydroxyl groups excluding tert-OH is 1. The van der Waals surface area contributed by atoms with Crippen molar-refractivity contribution in [3.63, 3.8) is 0 Å². The number of nitrogens with two attached hydrogens (primary N) is 1. The van der Waals surface area contributed by atoms with E-state index in [-0.39, 0.29) is 0 Å². The number of hydrogen-bond donors (Lipinski definition) is 2. The fraction of sp³-hybridized carbons (Fsp3) is 0.667. The average Bonchev–Trinajstić information content (AvgIpc) is 1.65. The van der Waals surface area contributed by atoms with E-state index in [9.17, 15) is 0 Å². The Bertz CT molecular complexity index is 80.6. The Balaban J connectivity index is 3.24. The Kier molecular flexibility index (Phi) is 3.48. The third-order valence-corrected chi connectivity index (χ3v) is 0.856. The zero-order chi connectivity index (χ0) is 6.57. The molecule has 0 amide bonds. The zero-order valence-corrected chi connectivity index (χ0v) is 5.22. The Morgan fingerprint density at radius 3 is 2.50 bits per heavy atom. The van der Waals surface area contributed by atoms with Gasteiger partial charge < -0.3 is 10.8 Å². The number of aliphatic hydroxyl groups is 1. The van der Waals surface area contributed by atoms with Gasteiger partial charge in [0.2, 0.25) is 0 Å². The molecule has 0 aromatic carbocycles. The third kappa shape index (κ3) is 3.84. The fourth-order valence-electron chi connectivity index (χ4n) is 0.486. The van der Waals surface area contributed by atoms with Gasteiger partial charge in [-0.3, -0.25) is 0 Å². The minimum atomic E-state index is -0.396. The van der Waals surface area contributed by atoms with Crippen LogP contribution >= 0.6 is 0 Å². The van der Waals surface area contributed by atoms with Crippen molar-refractivity contribution < 1.29 is 5.11 Å². The van der Waals surface area contributed by atoms with E-state index in [2.05, 4.69) is 6.58 Å². The second-order valence-electron chi connectivity index (χ2n) is 2.05. The summed E-state index contributed by atoms with van der Waals surface area (Å²) < 4.78 is 0. The van der Waals surface area contributed by atoms with E-state index in [1.54, 1.807) is 0 Å². The summed E-state index contributed by atoms with van der Waals surface area (Å²) in [4.78, 5) is 0. The molecule has 0 aliphatic rings. The molecule has 0 saturated carbocycles. The maximum Gasteiger partial charge on any atom is 0.0699 e. The molecule has 1 atom stereocenters. The summed E-state index contributed by atoms with van der Waals surface area (Å²) in [6.45, 7) is 5.83. The lowest BCUT2D eigenvalue weighted by Gasteiger charge is -2.04. The van der Waals surface area contributed by atoms with Crippen LogP contribution in [0.5, 0.6) is 0 Å². The SMILES string of the molecule is C=C(C)CC(O)CN. The molecule has 0 fully saturated rings. The van der Waals surface area contributed by atoms with E-state index in [1.807, 2.05) is 6.92 Å². The van der Waals surface area contributed by atoms with Gasteiger partial charge in [0.15, 0.2) is 0 Å². The van der Waals surface area contributed by atoms with Crippen molar-refractivity contribution in [2.24, 2.45) is 5.73 Å². The van der Waals surface area contributed by atoms with E-state index in [0.29, 0.717) is 13.0 Å². The van der Waals surface area contributed by atoms with Crippen LogP contribution in [-0.4, -0.2) is 17.8 Å². The van der Waals surface area contributed by atoms with Crippen molar-refractivity contribution in [2.45, 2.75) is 19.4 Å². The lowest BCUT2D eigenvalue weighted by Crippen LogP contribution is -2.19. The predicted octanol–water partition coefficient (Wildman–Crippen LogP) is 0.272. The first kappa shape index (κ1) is 7.66. The van der Waals surface area contributed by atoms with Crippen LogP contribution in [0.3, 0.4) is 0 Å². The molecule has 0 rings (SSSR count). The van der Waals surface area contributed by atoms with E-state index in [4.69, 9.17) is 10.8 Å². The lowest BCUT2D eigenvalue weighted by molar-refractivity contribution is 0.183. The van der Waals surface area contributed by atoms with Crippen molar-refractivity contribution >= 4 is 0 Å². The van der Waals surface area contributed by atoms with Gasteiger partial charge in [0.25, 0.3) is 0 Å². The highest BCUT2D eigenvalue weighted by Crippen LogP contribution is 1.98. The summed E-state index contributed by atoms with van der Waals surface area (Å²) in [6.07, 6.45) is 0.226. The number of rotatable bonds is 3. The van der Waals surface area contributed by atoms with Crippen molar-refractivity contribution in [2.75, 3.05) is 6.54 Å². The summed E-state index contributed by atoms with van der Waals surface area (Å²) in [5, 5.41) is 8.84. The normalized spacial score (nSPS) is 13.4. The second-order valence-corrected chi connectivity index (χ2v) is 2.05. The average molecular weight is 115 g/mol. The Hall–Kier alpha value is -0.340. The van der Waals surface area contributed by atoms with Gasteiger partial charge in [-0.1, -0.05) is 5.57 Å². The lowest BCUT2D eigenvalue weighted by atomic mass is 10.1. The molecule has 0 aliphatic heterocycles. The third-order valence-electron chi connectivity index (χ3n) is 0.856. The van der Waals surface area contributed by atoms with Crippen LogP contribution in [-0.2, 0) is 0 Å². The first-order chi connectivity index (χ1) is 3.66. The minimum absolute atomic E-state index is 0.326.